The highest BCUT2D eigenvalue weighted by Gasteiger charge is 2.47. The number of rotatable bonds is 45. The average Bonchev–Trinajstić information content (AvgIpc) is 3.34. The fourth-order valence-corrected chi connectivity index (χ4v) is 9.22. The molecule has 11 atom stereocenters. The molecule has 0 aromatic carbocycles. The molecular formula is C54H102O15. The molecule has 0 spiro atoms. The molecule has 11 unspecified atom stereocenters. The van der Waals surface area contributed by atoms with Gasteiger partial charge in [0.15, 0.2) is 18.7 Å². The third-order valence-corrected chi connectivity index (χ3v) is 13.8. The van der Waals surface area contributed by atoms with Gasteiger partial charge in [0, 0.05) is 12.8 Å². The van der Waals surface area contributed by atoms with Gasteiger partial charge in [-0.3, -0.25) is 9.59 Å². The van der Waals surface area contributed by atoms with Gasteiger partial charge in [0.05, 0.1) is 19.8 Å². The van der Waals surface area contributed by atoms with Crippen LogP contribution in [-0.4, -0.2) is 142 Å². The van der Waals surface area contributed by atoms with Crippen LogP contribution in [0.2, 0.25) is 0 Å². The van der Waals surface area contributed by atoms with E-state index in [0.29, 0.717) is 12.8 Å². The number of hydrogen-bond donors (Lipinski definition) is 7. The summed E-state index contributed by atoms with van der Waals surface area (Å²) in [6.45, 7) is 2.64. The third-order valence-electron chi connectivity index (χ3n) is 13.8. The summed E-state index contributed by atoms with van der Waals surface area (Å²) in [5.41, 5.74) is 0. The lowest BCUT2D eigenvalue weighted by Gasteiger charge is -2.42. The first kappa shape index (κ1) is 63.6. The maximum absolute atomic E-state index is 13.0. The van der Waals surface area contributed by atoms with Crippen molar-refractivity contribution in [3.05, 3.63) is 0 Å². The molecule has 0 aromatic rings. The minimum Gasteiger partial charge on any atom is -0.462 e. The van der Waals surface area contributed by atoms with E-state index < -0.39 is 92.7 Å². The van der Waals surface area contributed by atoms with Crippen LogP contribution in [0, 0.1) is 0 Å². The monoisotopic (exact) mass is 991 g/mol. The highest BCUT2D eigenvalue weighted by molar-refractivity contribution is 5.70. The van der Waals surface area contributed by atoms with Gasteiger partial charge in [0.1, 0.15) is 55.4 Å². The van der Waals surface area contributed by atoms with Crippen LogP contribution >= 0.6 is 0 Å². The summed E-state index contributed by atoms with van der Waals surface area (Å²) in [5, 5.41) is 72.2. The van der Waals surface area contributed by atoms with E-state index in [9.17, 15) is 45.3 Å². The second-order valence-electron chi connectivity index (χ2n) is 20.1. The van der Waals surface area contributed by atoms with Crippen molar-refractivity contribution in [2.45, 2.75) is 306 Å². The van der Waals surface area contributed by atoms with Crippen LogP contribution in [0.1, 0.15) is 239 Å². The molecule has 2 heterocycles. The predicted octanol–water partition coefficient (Wildman–Crippen LogP) is 8.78. The van der Waals surface area contributed by atoms with Crippen molar-refractivity contribution in [2.24, 2.45) is 0 Å². The van der Waals surface area contributed by atoms with Crippen LogP contribution in [-0.2, 0) is 38.0 Å². The Morgan fingerprint density at radius 1 is 0.406 bits per heavy atom. The summed E-state index contributed by atoms with van der Waals surface area (Å²) in [6, 6.07) is 0. The molecular weight excluding hydrogens is 889 g/mol. The molecule has 15 heteroatoms. The van der Waals surface area contributed by atoms with Crippen LogP contribution in [0.4, 0.5) is 0 Å². The zero-order chi connectivity index (χ0) is 50.3. The summed E-state index contributed by atoms with van der Waals surface area (Å²) >= 11 is 0. The Balaban J connectivity index is 1.75. The lowest BCUT2D eigenvalue weighted by molar-refractivity contribution is -0.332. The normalized spacial score (nSPS) is 25.5. The number of carbonyl (C=O) groups is 2. The Labute approximate surface area is 417 Å². The van der Waals surface area contributed by atoms with E-state index in [0.717, 1.165) is 38.5 Å². The Hall–Kier alpha value is -1.50. The average molecular weight is 991 g/mol. The van der Waals surface area contributed by atoms with E-state index in [4.69, 9.17) is 28.4 Å². The van der Waals surface area contributed by atoms with Gasteiger partial charge in [-0.1, -0.05) is 213 Å². The van der Waals surface area contributed by atoms with E-state index in [2.05, 4.69) is 13.8 Å². The molecule has 0 radical (unpaired) electrons. The van der Waals surface area contributed by atoms with E-state index >= 15 is 0 Å². The predicted molar refractivity (Wildman–Crippen MR) is 266 cm³/mol. The number of unbranched alkanes of at least 4 members (excludes halogenated alkanes) is 31. The van der Waals surface area contributed by atoms with Crippen molar-refractivity contribution in [2.75, 3.05) is 26.4 Å². The minimum absolute atomic E-state index is 0.174. The summed E-state index contributed by atoms with van der Waals surface area (Å²) in [6.07, 6.45) is 24.1. The zero-order valence-electron chi connectivity index (χ0n) is 43.3. The number of carbonyl (C=O) groups excluding carboxylic acids is 2. The Kier molecular flexibility index (Phi) is 38.6. The van der Waals surface area contributed by atoms with Gasteiger partial charge in [-0.15, -0.1) is 0 Å². The first-order chi connectivity index (χ1) is 33.5. The van der Waals surface area contributed by atoms with Crippen LogP contribution in [0.15, 0.2) is 0 Å². The molecule has 15 nitrogen and oxygen atoms in total. The van der Waals surface area contributed by atoms with Crippen molar-refractivity contribution in [1.82, 2.24) is 0 Å². The van der Waals surface area contributed by atoms with Crippen LogP contribution in [0.3, 0.4) is 0 Å². The van der Waals surface area contributed by atoms with E-state index in [-0.39, 0.29) is 26.1 Å². The number of aliphatic hydroxyl groups excluding tert-OH is 7. The Bertz CT molecular complexity index is 1210. The van der Waals surface area contributed by atoms with Gasteiger partial charge in [0.2, 0.25) is 0 Å². The SMILES string of the molecule is CCCCCCCCCCCCCCCCCCCCCCC(=O)OC(COC(=O)CCCCCCCCCCCCCCC)COC1OC(COC2OC(CO)C(O)C(O)C2O)C(O)C(O)C1O. The molecule has 69 heavy (non-hydrogen) atoms. The molecule has 2 aliphatic heterocycles. The summed E-state index contributed by atoms with van der Waals surface area (Å²) in [7, 11) is 0. The summed E-state index contributed by atoms with van der Waals surface area (Å²) < 4.78 is 33.7. The Morgan fingerprint density at radius 3 is 1.13 bits per heavy atom. The van der Waals surface area contributed by atoms with Crippen molar-refractivity contribution in [3.63, 3.8) is 0 Å². The fourth-order valence-electron chi connectivity index (χ4n) is 9.22. The largest absolute Gasteiger partial charge is 0.462 e. The molecule has 0 amide bonds. The molecule has 2 fully saturated rings. The van der Waals surface area contributed by atoms with E-state index in [1.54, 1.807) is 0 Å². The van der Waals surface area contributed by atoms with Crippen LogP contribution in [0.5, 0.6) is 0 Å². The van der Waals surface area contributed by atoms with Gasteiger partial charge in [0.25, 0.3) is 0 Å². The van der Waals surface area contributed by atoms with Crippen LogP contribution < -0.4 is 0 Å². The number of hydrogen-bond acceptors (Lipinski definition) is 15. The van der Waals surface area contributed by atoms with Gasteiger partial charge < -0.3 is 64.2 Å². The topological polar surface area (TPSA) is 231 Å². The Morgan fingerprint density at radius 2 is 0.739 bits per heavy atom. The first-order valence-corrected chi connectivity index (χ1v) is 28.1. The summed E-state index contributed by atoms with van der Waals surface area (Å²) in [5.74, 6) is -0.906. The van der Waals surface area contributed by atoms with Crippen molar-refractivity contribution in [1.29, 1.82) is 0 Å². The highest BCUT2D eigenvalue weighted by atomic mass is 16.7. The van der Waals surface area contributed by atoms with Gasteiger partial charge >= 0.3 is 11.9 Å². The molecule has 0 aromatic heterocycles. The highest BCUT2D eigenvalue weighted by Crippen LogP contribution is 2.27. The maximum Gasteiger partial charge on any atom is 0.306 e. The molecule has 0 saturated carbocycles. The number of ether oxygens (including phenoxy) is 6. The number of esters is 2. The van der Waals surface area contributed by atoms with E-state index in [1.807, 2.05) is 0 Å². The molecule has 0 bridgehead atoms. The fraction of sp³-hybridized carbons (Fsp3) is 0.963. The quantitative estimate of drug-likeness (QED) is 0.0223. The van der Waals surface area contributed by atoms with Gasteiger partial charge in [-0.2, -0.15) is 0 Å². The molecule has 2 aliphatic rings. The second-order valence-corrected chi connectivity index (χ2v) is 20.1. The molecule has 7 N–H and O–H groups in total. The molecule has 2 rings (SSSR count). The lowest BCUT2D eigenvalue weighted by Crippen LogP contribution is -2.61. The standard InChI is InChI=1S/C54H102O15/c1-3-5-7-9-11-13-15-17-18-19-20-21-22-23-25-27-29-31-33-35-37-46(57)67-42(39-64-45(56)36-34-32-30-28-26-24-16-14-12-10-8-6-4-2)40-65-53-52(63)50(61)48(59)44(69-53)41-66-54-51(62)49(60)47(58)43(38-55)68-54/h42-44,47-55,58-63H,3-41H2,1-2H3. The minimum atomic E-state index is -1.76. The first-order valence-electron chi connectivity index (χ1n) is 28.1. The van der Waals surface area contributed by atoms with Crippen molar-refractivity contribution >= 4 is 11.9 Å². The van der Waals surface area contributed by atoms with Crippen molar-refractivity contribution in [3.8, 4) is 0 Å². The third kappa shape index (κ3) is 29.7. The zero-order valence-corrected chi connectivity index (χ0v) is 43.3. The second kappa shape index (κ2) is 41.9. The van der Waals surface area contributed by atoms with Crippen molar-refractivity contribution < 1.29 is 73.8 Å². The lowest BCUT2D eigenvalue weighted by atomic mass is 9.98. The smallest absolute Gasteiger partial charge is 0.306 e. The van der Waals surface area contributed by atoms with E-state index in [1.165, 1.54) is 161 Å². The van der Waals surface area contributed by atoms with Crippen LogP contribution in [0.25, 0.3) is 0 Å². The molecule has 408 valence electrons. The molecule has 0 aliphatic carbocycles. The van der Waals surface area contributed by atoms with Gasteiger partial charge in [-0.05, 0) is 12.8 Å². The number of aliphatic hydroxyl groups is 7. The molecule has 2 saturated heterocycles. The maximum atomic E-state index is 13.0. The summed E-state index contributed by atoms with van der Waals surface area (Å²) in [4.78, 5) is 25.8. The van der Waals surface area contributed by atoms with Gasteiger partial charge in [-0.25, -0.2) is 0 Å².